The number of esters is 1. The number of likely N-dealkylation sites (N-methyl/N-ethyl adjacent to an activating group) is 3. The molecule has 5 amide bonds. The summed E-state index contributed by atoms with van der Waals surface area (Å²) in [5, 5.41) is 0.828. The molecule has 0 aromatic heterocycles. The minimum Gasteiger partial charge on any atom is -0.461 e. The first-order valence-corrected chi connectivity index (χ1v) is 17.7. The van der Waals surface area contributed by atoms with E-state index in [4.69, 9.17) is 19.0 Å². The van der Waals surface area contributed by atoms with Gasteiger partial charge in [0.25, 0.3) is 0 Å². The summed E-state index contributed by atoms with van der Waals surface area (Å²) in [6, 6.07) is 6.96. The van der Waals surface area contributed by atoms with Gasteiger partial charge in [-0.3, -0.25) is 14.4 Å². The van der Waals surface area contributed by atoms with E-state index in [9.17, 15) is 28.8 Å². The van der Waals surface area contributed by atoms with Crippen LogP contribution in [0.15, 0.2) is 30.3 Å². The SMILES string of the molecule is CCN(CC)C(=O)ON(C(=O)OC(C)(C)C)C(C)CC(C)C(=O)N(C)[C@@H](CC(=O)OCc1ccccc1)C(=O)N(C)CCN(C)C(=O)OC(C)(C)C. The Balaban J connectivity index is 3.24. The number of benzene rings is 1. The number of carbonyl (C=O) groups is 6. The Morgan fingerprint density at radius 2 is 1.23 bits per heavy atom. The van der Waals surface area contributed by atoms with Gasteiger partial charge in [0.2, 0.25) is 11.8 Å². The quantitative estimate of drug-likeness (QED) is 0.131. The average molecular weight is 736 g/mol. The van der Waals surface area contributed by atoms with E-state index in [1.165, 1.54) is 33.7 Å². The van der Waals surface area contributed by atoms with Crippen LogP contribution < -0.4 is 0 Å². The Labute approximate surface area is 309 Å². The highest BCUT2D eigenvalue weighted by atomic mass is 16.8. The lowest BCUT2D eigenvalue weighted by molar-refractivity contribution is -0.155. The summed E-state index contributed by atoms with van der Waals surface area (Å²) < 4.78 is 16.3. The maximum absolute atomic E-state index is 13.9. The van der Waals surface area contributed by atoms with Crippen LogP contribution in [-0.4, -0.2) is 131 Å². The predicted octanol–water partition coefficient (Wildman–Crippen LogP) is 5.32. The number of nitrogens with zero attached hydrogens (tertiary/aromatic N) is 5. The third kappa shape index (κ3) is 15.8. The van der Waals surface area contributed by atoms with Crippen LogP contribution >= 0.6 is 0 Å². The molecule has 294 valence electrons. The van der Waals surface area contributed by atoms with Gasteiger partial charge in [0.15, 0.2) is 0 Å². The molecule has 15 heteroatoms. The molecule has 2 unspecified atom stereocenters. The lowest BCUT2D eigenvalue weighted by Gasteiger charge is -2.34. The highest BCUT2D eigenvalue weighted by molar-refractivity contribution is 5.91. The summed E-state index contributed by atoms with van der Waals surface area (Å²) in [6.45, 7) is 17.9. The molecule has 0 spiro atoms. The molecule has 0 saturated heterocycles. The number of carbonyl (C=O) groups excluding carboxylic acids is 6. The van der Waals surface area contributed by atoms with E-state index in [1.54, 1.807) is 88.4 Å². The van der Waals surface area contributed by atoms with E-state index in [1.807, 2.05) is 18.2 Å². The summed E-state index contributed by atoms with van der Waals surface area (Å²) in [7, 11) is 4.48. The van der Waals surface area contributed by atoms with Crippen LogP contribution in [0.4, 0.5) is 14.4 Å². The predicted molar refractivity (Wildman–Crippen MR) is 195 cm³/mol. The van der Waals surface area contributed by atoms with Crippen molar-refractivity contribution in [3.05, 3.63) is 35.9 Å². The molecular weight excluding hydrogens is 674 g/mol. The fraction of sp³-hybridized carbons (Fsp3) is 0.676. The van der Waals surface area contributed by atoms with Crippen molar-refractivity contribution in [3.63, 3.8) is 0 Å². The summed E-state index contributed by atoms with van der Waals surface area (Å²) in [6.07, 6.45) is -2.63. The topological polar surface area (TPSA) is 156 Å². The van der Waals surface area contributed by atoms with E-state index in [2.05, 4.69) is 0 Å². The molecule has 1 aromatic rings. The molecule has 0 bridgehead atoms. The Morgan fingerprint density at radius 1 is 0.712 bits per heavy atom. The standard InChI is InChI=1S/C37H61N5O10/c1-14-41(15-2)34(47)52-42(35(48)51-37(8,9)10)27(4)23-26(3)31(44)40(13)29(24-30(43)49-25-28-19-17-16-18-20-28)32(45)38(11)21-22-39(12)33(46)50-36(5,6)7/h16-20,26-27,29H,14-15,21-25H2,1-13H3/t26?,27?,29-/m0/s1. The van der Waals surface area contributed by atoms with Crippen molar-refractivity contribution in [2.24, 2.45) is 5.92 Å². The van der Waals surface area contributed by atoms with Gasteiger partial charge in [0.1, 0.15) is 23.9 Å². The van der Waals surface area contributed by atoms with E-state index in [-0.39, 0.29) is 26.1 Å². The van der Waals surface area contributed by atoms with Crippen molar-refractivity contribution >= 4 is 36.1 Å². The zero-order chi connectivity index (χ0) is 40.0. The van der Waals surface area contributed by atoms with Crippen molar-refractivity contribution < 1.29 is 47.8 Å². The third-order valence-corrected chi connectivity index (χ3v) is 7.84. The zero-order valence-corrected chi connectivity index (χ0v) is 33.4. The van der Waals surface area contributed by atoms with Crippen LogP contribution in [0.2, 0.25) is 0 Å². The highest BCUT2D eigenvalue weighted by Gasteiger charge is 2.37. The number of amides is 5. The molecule has 0 saturated carbocycles. The second-order valence-electron chi connectivity index (χ2n) is 14.8. The zero-order valence-electron chi connectivity index (χ0n) is 33.4. The summed E-state index contributed by atoms with van der Waals surface area (Å²) in [5.41, 5.74) is -0.842. The van der Waals surface area contributed by atoms with Crippen LogP contribution in [0.5, 0.6) is 0 Å². The van der Waals surface area contributed by atoms with Gasteiger partial charge in [-0.2, -0.15) is 0 Å². The minimum absolute atomic E-state index is 0.0177. The molecule has 0 radical (unpaired) electrons. The molecule has 0 heterocycles. The van der Waals surface area contributed by atoms with Gasteiger partial charge in [0, 0.05) is 53.2 Å². The Morgan fingerprint density at radius 3 is 1.75 bits per heavy atom. The van der Waals surface area contributed by atoms with Crippen LogP contribution in [-0.2, 0) is 40.0 Å². The Bertz CT molecular complexity index is 1340. The van der Waals surface area contributed by atoms with Crippen molar-refractivity contribution in [2.45, 2.75) is 112 Å². The first-order chi connectivity index (χ1) is 24.0. The maximum Gasteiger partial charge on any atom is 0.444 e. The van der Waals surface area contributed by atoms with Crippen molar-refractivity contribution in [1.29, 1.82) is 0 Å². The second kappa shape index (κ2) is 20.5. The minimum atomic E-state index is -1.26. The van der Waals surface area contributed by atoms with Gasteiger partial charge < -0.3 is 38.6 Å². The molecule has 3 atom stereocenters. The molecule has 15 nitrogen and oxygen atoms in total. The van der Waals surface area contributed by atoms with Crippen LogP contribution in [0, 0.1) is 5.92 Å². The molecule has 0 aliphatic rings. The Kier molecular flexibility index (Phi) is 17.9. The molecular formula is C37H61N5O10. The van der Waals surface area contributed by atoms with Gasteiger partial charge in [-0.05, 0) is 74.3 Å². The van der Waals surface area contributed by atoms with Gasteiger partial charge >= 0.3 is 24.2 Å². The van der Waals surface area contributed by atoms with Crippen LogP contribution in [0.25, 0.3) is 0 Å². The smallest absolute Gasteiger partial charge is 0.444 e. The molecule has 1 aromatic carbocycles. The van der Waals surface area contributed by atoms with E-state index >= 15 is 0 Å². The van der Waals surface area contributed by atoms with Crippen molar-refractivity contribution in [1.82, 2.24) is 24.7 Å². The molecule has 0 aliphatic heterocycles. The lowest BCUT2D eigenvalue weighted by Crippen LogP contribution is -2.52. The van der Waals surface area contributed by atoms with Crippen LogP contribution in [0.1, 0.15) is 87.6 Å². The number of rotatable bonds is 15. The third-order valence-electron chi connectivity index (χ3n) is 7.84. The molecule has 0 fully saturated rings. The Hall–Kier alpha value is -4.56. The fourth-order valence-corrected chi connectivity index (χ4v) is 4.89. The molecule has 0 aliphatic carbocycles. The number of hydrogen-bond acceptors (Lipinski definition) is 10. The summed E-state index contributed by atoms with van der Waals surface area (Å²) in [5.74, 6) is -2.55. The van der Waals surface area contributed by atoms with E-state index < -0.39 is 71.7 Å². The summed E-state index contributed by atoms with van der Waals surface area (Å²) in [4.78, 5) is 90.1. The monoisotopic (exact) mass is 735 g/mol. The highest BCUT2D eigenvalue weighted by Crippen LogP contribution is 2.21. The summed E-state index contributed by atoms with van der Waals surface area (Å²) >= 11 is 0. The number of ether oxygens (including phenoxy) is 3. The first-order valence-electron chi connectivity index (χ1n) is 17.7. The van der Waals surface area contributed by atoms with Gasteiger partial charge in [-0.25, -0.2) is 14.4 Å². The van der Waals surface area contributed by atoms with E-state index in [0.29, 0.717) is 13.1 Å². The van der Waals surface area contributed by atoms with Gasteiger partial charge in [-0.1, -0.05) is 37.3 Å². The molecule has 52 heavy (non-hydrogen) atoms. The largest absolute Gasteiger partial charge is 0.461 e. The number of hydroxylamine groups is 2. The fourth-order valence-electron chi connectivity index (χ4n) is 4.89. The van der Waals surface area contributed by atoms with Crippen molar-refractivity contribution in [3.8, 4) is 0 Å². The number of hydrogen-bond donors (Lipinski definition) is 0. The second-order valence-corrected chi connectivity index (χ2v) is 14.8. The molecule has 1 rings (SSSR count). The van der Waals surface area contributed by atoms with E-state index in [0.717, 1.165) is 10.6 Å². The van der Waals surface area contributed by atoms with Crippen molar-refractivity contribution in [2.75, 3.05) is 47.3 Å². The lowest BCUT2D eigenvalue weighted by atomic mass is 9.99. The van der Waals surface area contributed by atoms with Crippen LogP contribution in [0.3, 0.4) is 0 Å². The normalized spacial score (nSPS) is 13.1. The van der Waals surface area contributed by atoms with Gasteiger partial charge in [-0.15, -0.1) is 5.06 Å². The first kappa shape index (κ1) is 45.5. The molecule has 0 N–H and O–H groups in total. The average Bonchev–Trinajstić information content (AvgIpc) is 3.05. The maximum atomic E-state index is 13.9. The van der Waals surface area contributed by atoms with Gasteiger partial charge in [0.05, 0.1) is 12.5 Å².